The molecule has 0 aliphatic heterocycles. The molecule has 0 spiro atoms. The van der Waals surface area contributed by atoms with Gasteiger partial charge in [0.2, 0.25) is 0 Å². The minimum Gasteiger partial charge on any atom is -0.478 e. The molecule has 3 aromatic rings. The van der Waals surface area contributed by atoms with E-state index in [0.29, 0.717) is 17.8 Å². The quantitative estimate of drug-likeness (QED) is 0.596. The third-order valence-electron chi connectivity index (χ3n) is 3.44. The molecule has 23 heavy (non-hydrogen) atoms. The maximum absolute atomic E-state index is 12.1. The Balaban J connectivity index is 1.63. The lowest BCUT2D eigenvalue weighted by Crippen LogP contribution is -2.25. The molecular formula is C15H15N3O3S2. The molecule has 6 nitrogen and oxygen atoms in total. The van der Waals surface area contributed by atoms with Gasteiger partial charge in [-0.3, -0.25) is 4.79 Å². The lowest BCUT2D eigenvalue weighted by Gasteiger charge is -2.02. The van der Waals surface area contributed by atoms with Gasteiger partial charge in [0, 0.05) is 29.4 Å². The Hall–Kier alpha value is -2.19. The van der Waals surface area contributed by atoms with Crippen LogP contribution >= 0.6 is 22.7 Å². The highest BCUT2D eigenvalue weighted by molar-refractivity contribution is 7.19. The van der Waals surface area contributed by atoms with Gasteiger partial charge in [0.05, 0.1) is 20.8 Å². The first kappa shape index (κ1) is 15.7. The Morgan fingerprint density at radius 2 is 2.26 bits per heavy atom. The first-order valence-electron chi connectivity index (χ1n) is 7.08. The minimum absolute atomic E-state index is 0.221. The van der Waals surface area contributed by atoms with Crippen molar-refractivity contribution >= 4 is 44.8 Å². The number of rotatable bonds is 6. The van der Waals surface area contributed by atoms with E-state index in [1.165, 1.54) is 11.3 Å². The molecule has 0 aromatic carbocycles. The predicted octanol–water partition coefficient (Wildman–Crippen LogP) is 3.06. The topological polar surface area (TPSA) is 95.1 Å². The molecule has 0 saturated heterocycles. The van der Waals surface area contributed by atoms with Gasteiger partial charge in [0.15, 0.2) is 0 Å². The maximum Gasteiger partial charge on any atom is 0.338 e. The molecule has 0 unspecified atom stereocenters. The summed E-state index contributed by atoms with van der Waals surface area (Å²) in [7, 11) is 0. The fourth-order valence-corrected chi connectivity index (χ4v) is 4.10. The highest BCUT2D eigenvalue weighted by Gasteiger charge is 2.19. The molecule has 3 heterocycles. The fraction of sp³-hybridized carbons (Fsp3) is 0.267. The van der Waals surface area contributed by atoms with E-state index >= 15 is 0 Å². The van der Waals surface area contributed by atoms with E-state index in [1.54, 1.807) is 30.5 Å². The van der Waals surface area contributed by atoms with Crippen molar-refractivity contribution in [2.75, 3.05) is 6.54 Å². The molecule has 0 atom stereocenters. The molecule has 1 amide bonds. The van der Waals surface area contributed by atoms with Crippen molar-refractivity contribution in [3.63, 3.8) is 0 Å². The first-order chi connectivity index (χ1) is 11.1. The number of aromatic nitrogens is 2. The van der Waals surface area contributed by atoms with Gasteiger partial charge >= 0.3 is 5.97 Å². The van der Waals surface area contributed by atoms with Crippen LogP contribution in [0.1, 0.15) is 37.2 Å². The number of hydrogen-bond acceptors (Lipinski definition) is 5. The molecule has 0 saturated carbocycles. The van der Waals surface area contributed by atoms with Crippen molar-refractivity contribution in [1.82, 2.24) is 15.3 Å². The van der Waals surface area contributed by atoms with Crippen LogP contribution < -0.4 is 5.32 Å². The van der Waals surface area contributed by atoms with Crippen LogP contribution in [0.25, 0.3) is 10.2 Å². The summed E-state index contributed by atoms with van der Waals surface area (Å²) in [5.74, 6) is -1.20. The number of thiazole rings is 1. The molecule has 3 rings (SSSR count). The standard InChI is InChI=1S/C15H15N3O3S2/c1-8-12(15(20)21)13-10(23-8)7-9(18-13)14(19)17-4-2-3-11-16-5-6-22-11/h5-7,18H,2-4H2,1H3,(H,17,19)(H,20,21). The third kappa shape index (κ3) is 3.27. The largest absolute Gasteiger partial charge is 0.478 e. The highest BCUT2D eigenvalue weighted by atomic mass is 32.1. The van der Waals surface area contributed by atoms with Gasteiger partial charge in [0.1, 0.15) is 5.69 Å². The number of hydrogen-bond donors (Lipinski definition) is 3. The Morgan fingerprint density at radius 1 is 1.43 bits per heavy atom. The van der Waals surface area contributed by atoms with E-state index in [2.05, 4.69) is 15.3 Å². The van der Waals surface area contributed by atoms with Gasteiger partial charge in [-0.05, 0) is 19.4 Å². The maximum atomic E-state index is 12.1. The number of carbonyl (C=O) groups excluding carboxylic acids is 1. The summed E-state index contributed by atoms with van der Waals surface area (Å²) in [5, 5.41) is 15.1. The highest BCUT2D eigenvalue weighted by Crippen LogP contribution is 2.31. The molecule has 8 heteroatoms. The van der Waals surface area contributed by atoms with Gasteiger partial charge in [-0.15, -0.1) is 22.7 Å². The molecule has 3 aromatic heterocycles. The molecule has 0 aliphatic rings. The molecular weight excluding hydrogens is 334 g/mol. The van der Waals surface area contributed by atoms with Crippen LogP contribution in [0.5, 0.6) is 0 Å². The number of nitrogens with zero attached hydrogens (tertiary/aromatic N) is 1. The number of aromatic amines is 1. The minimum atomic E-state index is -0.981. The van der Waals surface area contributed by atoms with Crippen LogP contribution in [0.4, 0.5) is 0 Å². The molecule has 3 N–H and O–H groups in total. The number of thiophene rings is 1. The summed E-state index contributed by atoms with van der Waals surface area (Å²) in [4.78, 5) is 31.3. The Labute approximate surface area is 140 Å². The van der Waals surface area contributed by atoms with E-state index in [0.717, 1.165) is 27.4 Å². The van der Waals surface area contributed by atoms with E-state index in [-0.39, 0.29) is 11.5 Å². The molecule has 0 fully saturated rings. The van der Waals surface area contributed by atoms with Crippen molar-refractivity contribution in [1.29, 1.82) is 0 Å². The molecule has 0 bridgehead atoms. The number of carboxylic acid groups (broad SMARTS) is 1. The molecule has 0 radical (unpaired) electrons. The average molecular weight is 349 g/mol. The van der Waals surface area contributed by atoms with Gasteiger partial charge in [-0.2, -0.15) is 0 Å². The zero-order valence-corrected chi connectivity index (χ0v) is 14.0. The summed E-state index contributed by atoms with van der Waals surface area (Å²) in [5.41, 5.74) is 1.16. The lowest BCUT2D eigenvalue weighted by atomic mass is 10.2. The second kappa shape index (κ2) is 6.51. The number of aryl methyl sites for hydroxylation is 2. The van der Waals surface area contributed by atoms with Crippen molar-refractivity contribution in [2.24, 2.45) is 0 Å². The van der Waals surface area contributed by atoms with Crippen LogP contribution in [0.2, 0.25) is 0 Å². The van der Waals surface area contributed by atoms with Crippen LogP contribution in [-0.2, 0) is 6.42 Å². The summed E-state index contributed by atoms with van der Waals surface area (Å²) in [6.45, 7) is 2.32. The lowest BCUT2D eigenvalue weighted by molar-refractivity contribution is 0.0698. The number of carboxylic acids is 1. The Morgan fingerprint density at radius 3 is 2.96 bits per heavy atom. The summed E-state index contributed by atoms with van der Waals surface area (Å²) >= 11 is 2.98. The van der Waals surface area contributed by atoms with Crippen molar-refractivity contribution in [3.8, 4) is 0 Å². The van der Waals surface area contributed by atoms with E-state index in [1.807, 2.05) is 5.38 Å². The van der Waals surface area contributed by atoms with Gasteiger partial charge in [-0.25, -0.2) is 9.78 Å². The van der Waals surface area contributed by atoms with Crippen molar-refractivity contribution in [3.05, 3.63) is 38.8 Å². The number of nitrogens with one attached hydrogen (secondary N) is 2. The smallest absolute Gasteiger partial charge is 0.338 e. The fourth-order valence-electron chi connectivity index (χ4n) is 2.39. The SMILES string of the molecule is Cc1sc2cc(C(=O)NCCCc3nccs3)[nH]c2c1C(=O)O. The average Bonchev–Trinajstić information content (AvgIpc) is 3.18. The zero-order chi connectivity index (χ0) is 16.4. The first-order valence-corrected chi connectivity index (χ1v) is 8.78. The third-order valence-corrected chi connectivity index (χ3v) is 5.33. The monoisotopic (exact) mass is 349 g/mol. The van der Waals surface area contributed by atoms with Gasteiger partial charge in [0.25, 0.3) is 5.91 Å². The Kier molecular flexibility index (Phi) is 4.44. The number of H-pyrrole nitrogens is 1. The molecule has 120 valence electrons. The summed E-state index contributed by atoms with van der Waals surface area (Å²) < 4.78 is 0.785. The van der Waals surface area contributed by atoms with Crippen molar-refractivity contribution in [2.45, 2.75) is 19.8 Å². The van der Waals surface area contributed by atoms with Crippen molar-refractivity contribution < 1.29 is 14.7 Å². The van der Waals surface area contributed by atoms with E-state index in [4.69, 9.17) is 0 Å². The van der Waals surface area contributed by atoms with E-state index < -0.39 is 5.97 Å². The Bertz CT molecular complexity index is 849. The second-order valence-electron chi connectivity index (χ2n) is 5.05. The summed E-state index contributed by atoms with van der Waals surface area (Å²) in [6, 6.07) is 1.70. The van der Waals surface area contributed by atoms with Crippen LogP contribution in [0, 0.1) is 6.92 Å². The van der Waals surface area contributed by atoms with Crippen LogP contribution in [-0.4, -0.2) is 33.5 Å². The predicted molar refractivity (Wildman–Crippen MR) is 90.6 cm³/mol. The second-order valence-corrected chi connectivity index (χ2v) is 7.28. The number of carbonyl (C=O) groups is 2. The van der Waals surface area contributed by atoms with Gasteiger partial charge < -0.3 is 15.4 Å². The zero-order valence-electron chi connectivity index (χ0n) is 12.4. The van der Waals surface area contributed by atoms with Crippen LogP contribution in [0.15, 0.2) is 17.6 Å². The van der Waals surface area contributed by atoms with E-state index in [9.17, 15) is 14.7 Å². The number of amides is 1. The number of aromatic carboxylic acids is 1. The normalized spacial score (nSPS) is 11.0. The van der Waals surface area contributed by atoms with Crippen LogP contribution in [0.3, 0.4) is 0 Å². The molecule has 0 aliphatic carbocycles. The summed E-state index contributed by atoms with van der Waals surface area (Å²) in [6.07, 6.45) is 3.42. The van der Waals surface area contributed by atoms with Gasteiger partial charge in [-0.1, -0.05) is 0 Å². The number of fused-ring (bicyclic) bond motifs is 1.